The maximum absolute atomic E-state index is 13.9. The van der Waals surface area contributed by atoms with Crippen LogP contribution in [0.15, 0.2) is 18.2 Å². The molecule has 0 aromatic heterocycles. The highest BCUT2D eigenvalue weighted by Gasteiger charge is 2.51. The van der Waals surface area contributed by atoms with Gasteiger partial charge in [-0.2, -0.15) is 0 Å². The number of rotatable bonds is 5. The summed E-state index contributed by atoms with van der Waals surface area (Å²) in [6.07, 6.45) is 6.86. The zero-order chi connectivity index (χ0) is 20.8. The molecule has 29 heavy (non-hydrogen) atoms. The molecule has 158 valence electrons. The van der Waals surface area contributed by atoms with Crippen LogP contribution in [0.25, 0.3) is 0 Å². The van der Waals surface area contributed by atoms with Gasteiger partial charge in [-0.15, -0.1) is 0 Å². The van der Waals surface area contributed by atoms with E-state index in [4.69, 9.17) is 0 Å². The number of hydrogen-bond acceptors (Lipinski definition) is 3. The van der Waals surface area contributed by atoms with Gasteiger partial charge in [-0.3, -0.25) is 15.4 Å². The van der Waals surface area contributed by atoms with Crippen molar-refractivity contribution in [3.8, 4) is 0 Å². The highest BCUT2D eigenvalue weighted by molar-refractivity contribution is 5.97. The minimum atomic E-state index is -0.712. The molecule has 0 spiro atoms. The third kappa shape index (κ3) is 4.29. The smallest absolute Gasteiger partial charge is 0.321 e. The molecule has 4 aliphatic rings. The lowest BCUT2D eigenvalue weighted by Gasteiger charge is -2.56. The lowest BCUT2D eigenvalue weighted by molar-refractivity contribution is -0.121. The standard InChI is InChI=1S/C22H29F2N3O2/c1-12(18-4-3-17(23)8-19(18)24)25-13(2)20(28)26-21(29)27-22-9-14-5-15(10-22)7-16(6-14)11-22/h3-4,8,12-16,25H,5-7,9-11H2,1-2H3,(H2,26,27,28,29)/t12-,13-,14?,15?,16?,22?/m0/s1. The van der Waals surface area contributed by atoms with Crippen molar-refractivity contribution < 1.29 is 18.4 Å². The lowest BCUT2D eigenvalue weighted by atomic mass is 9.53. The quantitative estimate of drug-likeness (QED) is 0.698. The van der Waals surface area contributed by atoms with E-state index < -0.39 is 35.7 Å². The summed E-state index contributed by atoms with van der Waals surface area (Å²) in [6.45, 7) is 3.31. The fraction of sp³-hybridized carbons (Fsp3) is 0.636. The molecule has 5 rings (SSSR count). The van der Waals surface area contributed by atoms with E-state index in [9.17, 15) is 18.4 Å². The van der Waals surface area contributed by atoms with Gasteiger partial charge in [0, 0.05) is 23.2 Å². The van der Waals surface area contributed by atoms with Crippen molar-refractivity contribution in [3.63, 3.8) is 0 Å². The molecule has 4 fully saturated rings. The van der Waals surface area contributed by atoms with E-state index in [0.717, 1.165) is 25.3 Å². The third-order valence-corrected chi connectivity index (χ3v) is 6.98. The van der Waals surface area contributed by atoms with Gasteiger partial charge in [0.05, 0.1) is 6.04 Å². The predicted octanol–water partition coefficient (Wildman–Crippen LogP) is 3.80. The van der Waals surface area contributed by atoms with E-state index in [1.807, 2.05) is 0 Å². The molecule has 7 heteroatoms. The Morgan fingerprint density at radius 1 is 1.03 bits per heavy atom. The average Bonchev–Trinajstić information content (AvgIpc) is 2.59. The molecule has 4 bridgehead atoms. The van der Waals surface area contributed by atoms with Crippen LogP contribution in [-0.4, -0.2) is 23.5 Å². The molecule has 0 saturated heterocycles. The van der Waals surface area contributed by atoms with E-state index in [1.165, 1.54) is 31.4 Å². The van der Waals surface area contributed by atoms with Crippen molar-refractivity contribution in [1.29, 1.82) is 0 Å². The maximum atomic E-state index is 13.9. The summed E-state index contributed by atoms with van der Waals surface area (Å²) >= 11 is 0. The number of benzene rings is 1. The van der Waals surface area contributed by atoms with Crippen LogP contribution in [0.5, 0.6) is 0 Å². The Balaban J connectivity index is 1.31. The summed E-state index contributed by atoms with van der Waals surface area (Å²) in [5.41, 5.74) is 0.101. The lowest BCUT2D eigenvalue weighted by Crippen LogP contribution is -2.62. The summed E-state index contributed by atoms with van der Waals surface area (Å²) in [7, 11) is 0. The van der Waals surface area contributed by atoms with E-state index in [1.54, 1.807) is 13.8 Å². The first-order chi connectivity index (χ1) is 13.7. The Morgan fingerprint density at radius 2 is 1.62 bits per heavy atom. The van der Waals surface area contributed by atoms with Crippen molar-refractivity contribution in [1.82, 2.24) is 16.0 Å². The van der Waals surface area contributed by atoms with Crippen molar-refractivity contribution in [3.05, 3.63) is 35.4 Å². The second-order valence-electron chi connectivity index (χ2n) is 9.42. The zero-order valence-electron chi connectivity index (χ0n) is 16.9. The van der Waals surface area contributed by atoms with Crippen LogP contribution >= 0.6 is 0 Å². The first kappa shape index (κ1) is 20.3. The number of amides is 3. The first-order valence-corrected chi connectivity index (χ1v) is 10.6. The first-order valence-electron chi connectivity index (χ1n) is 10.6. The molecular formula is C22H29F2N3O2. The van der Waals surface area contributed by atoms with Crippen LogP contribution in [0.2, 0.25) is 0 Å². The summed E-state index contributed by atoms with van der Waals surface area (Å²) in [4.78, 5) is 25.0. The second-order valence-corrected chi connectivity index (χ2v) is 9.42. The second kappa shape index (κ2) is 7.67. The highest BCUT2D eigenvalue weighted by atomic mass is 19.1. The summed E-state index contributed by atoms with van der Waals surface area (Å²) in [6, 6.07) is 1.68. The summed E-state index contributed by atoms with van der Waals surface area (Å²) in [5.74, 6) is 0.308. The molecule has 3 amide bonds. The fourth-order valence-electron chi connectivity index (χ4n) is 6.15. The highest BCUT2D eigenvalue weighted by Crippen LogP contribution is 2.55. The molecule has 3 N–H and O–H groups in total. The van der Waals surface area contributed by atoms with Crippen LogP contribution in [-0.2, 0) is 4.79 Å². The van der Waals surface area contributed by atoms with E-state index in [0.29, 0.717) is 17.8 Å². The monoisotopic (exact) mass is 405 g/mol. The summed E-state index contributed by atoms with van der Waals surface area (Å²) in [5, 5.41) is 8.51. The molecular weight excluding hydrogens is 376 g/mol. The zero-order valence-corrected chi connectivity index (χ0v) is 16.9. The molecule has 0 aliphatic heterocycles. The van der Waals surface area contributed by atoms with Gasteiger partial charge < -0.3 is 5.32 Å². The van der Waals surface area contributed by atoms with Crippen LogP contribution in [0, 0.1) is 29.4 Å². The number of nitrogens with one attached hydrogen (secondary N) is 3. The molecule has 5 nitrogen and oxygen atoms in total. The number of carbonyl (C=O) groups is 2. The number of hydrogen-bond donors (Lipinski definition) is 3. The van der Waals surface area contributed by atoms with E-state index in [-0.39, 0.29) is 11.1 Å². The molecule has 1 aromatic rings. The minimum absolute atomic E-state index is 0.166. The molecule has 0 unspecified atom stereocenters. The van der Waals surface area contributed by atoms with Crippen LogP contribution in [0.1, 0.15) is 64.0 Å². The Bertz CT molecular complexity index is 778. The van der Waals surface area contributed by atoms with Crippen molar-refractivity contribution in [2.24, 2.45) is 17.8 Å². The molecule has 0 radical (unpaired) electrons. The number of halogens is 2. The SMILES string of the molecule is C[C@H](N[C@@H](C)c1ccc(F)cc1F)C(=O)NC(=O)NC12CC3CC(CC(C3)C1)C2. The molecule has 0 heterocycles. The van der Waals surface area contributed by atoms with Crippen molar-refractivity contribution in [2.75, 3.05) is 0 Å². The average molecular weight is 405 g/mol. The van der Waals surface area contributed by atoms with Gasteiger partial charge in [0.15, 0.2) is 0 Å². The normalized spacial score (nSPS) is 31.9. The van der Waals surface area contributed by atoms with Gasteiger partial charge >= 0.3 is 6.03 Å². The predicted molar refractivity (Wildman–Crippen MR) is 105 cm³/mol. The Hall–Kier alpha value is -2.02. The Morgan fingerprint density at radius 3 is 2.17 bits per heavy atom. The topological polar surface area (TPSA) is 70.2 Å². The molecule has 4 aliphatic carbocycles. The number of carbonyl (C=O) groups excluding carboxylic acids is 2. The molecule has 1 aromatic carbocycles. The minimum Gasteiger partial charge on any atom is -0.332 e. The fourth-order valence-corrected chi connectivity index (χ4v) is 6.15. The third-order valence-electron chi connectivity index (χ3n) is 6.98. The van der Waals surface area contributed by atoms with Crippen LogP contribution < -0.4 is 16.0 Å². The van der Waals surface area contributed by atoms with Crippen LogP contribution in [0.3, 0.4) is 0 Å². The maximum Gasteiger partial charge on any atom is 0.321 e. The van der Waals surface area contributed by atoms with Crippen LogP contribution in [0.4, 0.5) is 13.6 Å². The molecule has 4 saturated carbocycles. The van der Waals surface area contributed by atoms with E-state index >= 15 is 0 Å². The van der Waals surface area contributed by atoms with Gasteiger partial charge in [0.1, 0.15) is 11.6 Å². The number of imide groups is 1. The largest absolute Gasteiger partial charge is 0.332 e. The van der Waals surface area contributed by atoms with Gasteiger partial charge in [-0.1, -0.05) is 6.07 Å². The van der Waals surface area contributed by atoms with Gasteiger partial charge in [-0.25, -0.2) is 13.6 Å². The number of urea groups is 1. The van der Waals surface area contributed by atoms with Gasteiger partial charge in [0.2, 0.25) is 5.91 Å². The summed E-state index contributed by atoms with van der Waals surface area (Å²) < 4.78 is 27.0. The van der Waals surface area contributed by atoms with E-state index in [2.05, 4.69) is 16.0 Å². The molecule has 2 atom stereocenters. The Kier molecular flexibility index (Phi) is 5.36. The van der Waals surface area contributed by atoms with Gasteiger partial charge in [-0.05, 0) is 76.2 Å². The Labute approximate surface area is 170 Å². The van der Waals surface area contributed by atoms with Crippen molar-refractivity contribution >= 4 is 11.9 Å². The van der Waals surface area contributed by atoms with Gasteiger partial charge in [0.25, 0.3) is 0 Å². The van der Waals surface area contributed by atoms with Crippen molar-refractivity contribution in [2.45, 2.75) is 70.0 Å².